The lowest BCUT2D eigenvalue weighted by Gasteiger charge is -2.09. The summed E-state index contributed by atoms with van der Waals surface area (Å²) in [6, 6.07) is 0. The van der Waals surface area contributed by atoms with Crippen LogP contribution in [0, 0.1) is 5.92 Å². The zero-order chi connectivity index (χ0) is 15.6. The Morgan fingerprint density at radius 3 is 1.81 bits per heavy atom. The summed E-state index contributed by atoms with van der Waals surface area (Å²) in [5, 5.41) is 3.28. The fraction of sp³-hybridized carbons (Fsp3) is 1.00. The highest BCUT2D eigenvalue weighted by molar-refractivity contribution is 4.46. The molecular formula is C16H35NO4. The predicted octanol–water partition coefficient (Wildman–Crippen LogP) is 2.10. The highest BCUT2D eigenvalue weighted by atomic mass is 16.5. The van der Waals surface area contributed by atoms with Crippen molar-refractivity contribution >= 4 is 0 Å². The Kier molecular flexibility index (Phi) is 17.7. The number of hydrogen-bond acceptors (Lipinski definition) is 5. The molecule has 0 aromatic heterocycles. The maximum atomic E-state index is 5.47. The van der Waals surface area contributed by atoms with Crippen LogP contribution in [-0.4, -0.2) is 65.9 Å². The molecule has 0 radical (unpaired) electrons. The lowest BCUT2D eigenvalue weighted by atomic mass is 10.2. The fourth-order valence-corrected chi connectivity index (χ4v) is 1.52. The van der Waals surface area contributed by atoms with E-state index in [1.54, 1.807) is 0 Å². The van der Waals surface area contributed by atoms with E-state index in [0.29, 0.717) is 39.0 Å². The molecule has 0 spiro atoms. The molecule has 0 aromatic carbocycles. The van der Waals surface area contributed by atoms with Gasteiger partial charge in [0.1, 0.15) is 0 Å². The molecule has 0 amide bonds. The van der Waals surface area contributed by atoms with Crippen LogP contribution in [0.4, 0.5) is 0 Å². The molecule has 21 heavy (non-hydrogen) atoms. The quantitative estimate of drug-likeness (QED) is 0.417. The first-order chi connectivity index (χ1) is 10.3. The van der Waals surface area contributed by atoms with E-state index in [4.69, 9.17) is 18.9 Å². The molecule has 0 aromatic rings. The Morgan fingerprint density at radius 2 is 1.24 bits per heavy atom. The summed E-state index contributed by atoms with van der Waals surface area (Å²) in [6.45, 7) is 13.9. The van der Waals surface area contributed by atoms with Crippen molar-refractivity contribution in [2.24, 2.45) is 5.92 Å². The minimum absolute atomic E-state index is 0.602. The van der Waals surface area contributed by atoms with E-state index in [1.165, 1.54) is 6.42 Å². The molecule has 0 saturated carbocycles. The summed E-state index contributed by atoms with van der Waals surface area (Å²) >= 11 is 0. The zero-order valence-electron chi connectivity index (χ0n) is 14.2. The van der Waals surface area contributed by atoms with Gasteiger partial charge in [0.2, 0.25) is 0 Å². The second kappa shape index (κ2) is 17.9. The van der Waals surface area contributed by atoms with E-state index in [1.807, 2.05) is 0 Å². The largest absolute Gasteiger partial charge is 0.380 e. The molecule has 0 fully saturated rings. The second-order valence-electron chi connectivity index (χ2n) is 5.41. The van der Waals surface area contributed by atoms with E-state index in [0.717, 1.165) is 39.3 Å². The molecule has 0 aliphatic heterocycles. The van der Waals surface area contributed by atoms with Crippen molar-refractivity contribution in [2.45, 2.75) is 33.6 Å². The van der Waals surface area contributed by atoms with Gasteiger partial charge in [0.25, 0.3) is 0 Å². The molecule has 0 aliphatic carbocycles. The lowest BCUT2D eigenvalue weighted by Crippen LogP contribution is -2.25. The van der Waals surface area contributed by atoms with Crippen LogP contribution in [-0.2, 0) is 18.9 Å². The van der Waals surface area contributed by atoms with Crippen LogP contribution in [0.3, 0.4) is 0 Å². The summed E-state index contributed by atoms with van der Waals surface area (Å²) in [5.74, 6) is 0.602. The minimum atomic E-state index is 0.602. The molecule has 5 heteroatoms. The number of rotatable bonds is 17. The molecule has 0 bridgehead atoms. The van der Waals surface area contributed by atoms with Gasteiger partial charge >= 0.3 is 0 Å². The van der Waals surface area contributed by atoms with Gasteiger partial charge in [-0.25, -0.2) is 0 Å². The number of hydrogen-bond donors (Lipinski definition) is 1. The first-order valence-corrected chi connectivity index (χ1v) is 8.29. The third-order valence-electron chi connectivity index (χ3n) is 2.68. The molecule has 128 valence electrons. The Bertz CT molecular complexity index is 191. The molecule has 5 nitrogen and oxygen atoms in total. The van der Waals surface area contributed by atoms with Crippen LogP contribution in [0.2, 0.25) is 0 Å². The summed E-state index contributed by atoms with van der Waals surface area (Å²) in [7, 11) is 0. The van der Waals surface area contributed by atoms with Gasteiger partial charge in [0, 0.05) is 26.3 Å². The Balaban J connectivity index is 2.93. The summed E-state index contributed by atoms with van der Waals surface area (Å²) in [5.41, 5.74) is 0. The minimum Gasteiger partial charge on any atom is -0.380 e. The maximum absolute atomic E-state index is 5.47. The van der Waals surface area contributed by atoms with Crippen molar-refractivity contribution in [3.8, 4) is 0 Å². The Hall–Kier alpha value is -0.200. The van der Waals surface area contributed by atoms with E-state index in [9.17, 15) is 0 Å². The first-order valence-electron chi connectivity index (χ1n) is 8.29. The van der Waals surface area contributed by atoms with Crippen LogP contribution >= 0.6 is 0 Å². The maximum Gasteiger partial charge on any atom is 0.0701 e. The number of nitrogens with one attached hydrogen (secondary N) is 1. The highest BCUT2D eigenvalue weighted by Crippen LogP contribution is 1.91. The van der Waals surface area contributed by atoms with E-state index in [2.05, 4.69) is 26.1 Å². The van der Waals surface area contributed by atoms with Gasteiger partial charge in [-0.1, -0.05) is 27.2 Å². The van der Waals surface area contributed by atoms with Gasteiger partial charge < -0.3 is 24.3 Å². The van der Waals surface area contributed by atoms with E-state index >= 15 is 0 Å². The Labute approximate surface area is 130 Å². The van der Waals surface area contributed by atoms with Crippen molar-refractivity contribution < 1.29 is 18.9 Å². The van der Waals surface area contributed by atoms with Gasteiger partial charge in [-0.3, -0.25) is 0 Å². The predicted molar refractivity (Wildman–Crippen MR) is 85.9 cm³/mol. The zero-order valence-corrected chi connectivity index (χ0v) is 14.2. The van der Waals surface area contributed by atoms with E-state index in [-0.39, 0.29) is 0 Å². The molecule has 0 unspecified atom stereocenters. The van der Waals surface area contributed by atoms with Gasteiger partial charge in [-0.2, -0.15) is 0 Å². The fourth-order valence-electron chi connectivity index (χ4n) is 1.52. The van der Waals surface area contributed by atoms with Gasteiger partial charge in [-0.15, -0.1) is 0 Å². The third kappa shape index (κ3) is 19.8. The molecule has 0 heterocycles. The number of unbranched alkanes of at least 4 members (excludes halogenated alkanes) is 1. The van der Waals surface area contributed by atoms with Gasteiger partial charge in [0.05, 0.1) is 39.6 Å². The SMILES string of the molecule is CCCCOCCOCCOCCNCCOCC(C)C. The van der Waals surface area contributed by atoms with Crippen molar-refractivity contribution in [2.75, 3.05) is 65.9 Å². The molecule has 1 N–H and O–H groups in total. The van der Waals surface area contributed by atoms with Crippen molar-refractivity contribution in [3.63, 3.8) is 0 Å². The van der Waals surface area contributed by atoms with Crippen molar-refractivity contribution in [1.29, 1.82) is 0 Å². The summed E-state index contributed by atoms with van der Waals surface area (Å²) in [6.07, 6.45) is 2.30. The van der Waals surface area contributed by atoms with Crippen LogP contribution in [0.15, 0.2) is 0 Å². The molecule has 0 rings (SSSR count). The molecular weight excluding hydrogens is 270 g/mol. The van der Waals surface area contributed by atoms with Gasteiger partial charge in [0.15, 0.2) is 0 Å². The standard InChI is InChI=1S/C16H35NO4/c1-4-5-8-18-11-13-20-14-12-19-9-6-17-7-10-21-15-16(2)3/h16-17H,4-15H2,1-3H3. The van der Waals surface area contributed by atoms with Crippen LogP contribution in [0.5, 0.6) is 0 Å². The lowest BCUT2D eigenvalue weighted by molar-refractivity contribution is 0.0144. The second-order valence-corrected chi connectivity index (χ2v) is 5.41. The molecule has 0 aliphatic rings. The molecule has 0 atom stereocenters. The summed E-state index contributed by atoms with van der Waals surface area (Å²) < 4.78 is 21.7. The monoisotopic (exact) mass is 305 g/mol. The van der Waals surface area contributed by atoms with Crippen molar-refractivity contribution in [1.82, 2.24) is 5.32 Å². The van der Waals surface area contributed by atoms with E-state index < -0.39 is 0 Å². The third-order valence-corrected chi connectivity index (χ3v) is 2.68. The normalized spacial score (nSPS) is 11.4. The topological polar surface area (TPSA) is 49.0 Å². The smallest absolute Gasteiger partial charge is 0.0701 e. The summed E-state index contributed by atoms with van der Waals surface area (Å²) in [4.78, 5) is 0. The average Bonchev–Trinajstić information content (AvgIpc) is 2.46. The van der Waals surface area contributed by atoms with Crippen LogP contribution < -0.4 is 5.32 Å². The molecule has 0 saturated heterocycles. The number of ether oxygens (including phenoxy) is 4. The highest BCUT2D eigenvalue weighted by Gasteiger charge is 1.94. The first kappa shape index (κ1) is 20.8. The van der Waals surface area contributed by atoms with Crippen molar-refractivity contribution in [3.05, 3.63) is 0 Å². The van der Waals surface area contributed by atoms with Crippen LogP contribution in [0.25, 0.3) is 0 Å². The van der Waals surface area contributed by atoms with Crippen LogP contribution in [0.1, 0.15) is 33.6 Å². The van der Waals surface area contributed by atoms with Gasteiger partial charge in [-0.05, 0) is 12.3 Å². The average molecular weight is 305 g/mol. The Morgan fingerprint density at radius 1 is 0.714 bits per heavy atom.